The van der Waals surface area contributed by atoms with Gasteiger partial charge in [-0.3, -0.25) is 14.6 Å². The van der Waals surface area contributed by atoms with Gasteiger partial charge in [-0.05, 0) is 67.1 Å². The van der Waals surface area contributed by atoms with Crippen LogP contribution in [0.3, 0.4) is 0 Å². The predicted molar refractivity (Wildman–Crippen MR) is 121 cm³/mol. The van der Waals surface area contributed by atoms with Gasteiger partial charge in [0, 0.05) is 37.9 Å². The Kier molecular flexibility index (Phi) is 8.39. The van der Waals surface area contributed by atoms with E-state index in [0.29, 0.717) is 24.6 Å². The van der Waals surface area contributed by atoms with E-state index < -0.39 is 5.91 Å². The number of likely N-dealkylation sites (tertiary alicyclic amines) is 1. The Morgan fingerprint density at radius 1 is 1.39 bits per heavy atom. The fourth-order valence-corrected chi connectivity index (χ4v) is 4.78. The second-order valence-corrected chi connectivity index (χ2v) is 8.67. The Morgan fingerprint density at radius 3 is 2.81 bits per heavy atom. The van der Waals surface area contributed by atoms with Gasteiger partial charge in [-0.25, -0.2) is 10.3 Å². The molecule has 9 heteroatoms. The number of rotatable bonds is 9. The summed E-state index contributed by atoms with van der Waals surface area (Å²) in [6.07, 6.45) is 5.11. The molecule has 8 nitrogen and oxygen atoms in total. The summed E-state index contributed by atoms with van der Waals surface area (Å²) in [6, 6.07) is 5.83. The summed E-state index contributed by atoms with van der Waals surface area (Å²) in [6.45, 7) is 4.61. The van der Waals surface area contributed by atoms with Crippen molar-refractivity contribution in [2.45, 2.75) is 51.2 Å². The first-order chi connectivity index (χ1) is 15.0. The van der Waals surface area contributed by atoms with Crippen molar-refractivity contribution in [1.29, 1.82) is 0 Å². The van der Waals surface area contributed by atoms with Crippen LogP contribution in [0.1, 0.15) is 47.8 Å². The highest BCUT2D eigenvalue weighted by molar-refractivity contribution is 7.07. The number of pyridine rings is 1. The maximum Gasteiger partial charge on any atom is 0.341 e. The number of hydrogen-bond acceptors (Lipinski definition) is 6. The average Bonchev–Trinajstić information content (AvgIpc) is 3.29. The minimum absolute atomic E-state index is 0.163. The molecule has 2 aromatic heterocycles. The molecule has 3 N–H and O–H groups in total. The number of carbonyl (C=O) groups is 2. The molecular formula is C22H31N5O3S. The monoisotopic (exact) mass is 445 g/mol. The predicted octanol–water partition coefficient (Wildman–Crippen LogP) is 2.80. The molecule has 3 rings (SSSR count). The number of primary amides is 1. The molecule has 0 aromatic carbocycles. The topological polar surface area (TPSA) is 101 Å². The third-order valence-electron chi connectivity index (χ3n) is 5.90. The lowest BCUT2D eigenvalue weighted by molar-refractivity contribution is 0.0565. The molecule has 0 unspecified atom stereocenters. The Labute approximate surface area is 187 Å². The highest BCUT2D eigenvalue weighted by Gasteiger charge is 2.30. The SMILES string of the molecule is CONC(=O)N(Cc1ccsc1)C1CCN([C@H](C)CCc2ncccc2C(N)=O)CC1. The minimum atomic E-state index is -0.434. The van der Waals surface area contributed by atoms with Gasteiger partial charge in [-0.2, -0.15) is 11.3 Å². The van der Waals surface area contributed by atoms with Crippen LogP contribution in [0.15, 0.2) is 35.2 Å². The van der Waals surface area contributed by atoms with Crippen LogP contribution in [0, 0.1) is 0 Å². The zero-order valence-corrected chi connectivity index (χ0v) is 18.9. The van der Waals surface area contributed by atoms with Crippen molar-refractivity contribution in [1.82, 2.24) is 20.3 Å². The number of nitrogens with two attached hydrogens (primary N) is 1. The Hall–Kier alpha value is -2.49. The van der Waals surface area contributed by atoms with Gasteiger partial charge in [0.2, 0.25) is 0 Å². The van der Waals surface area contributed by atoms with Crippen molar-refractivity contribution in [3.05, 3.63) is 52.0 Å². The number of hydrogen-bond donors (Lipinski definition) is 2. The van der Waals surface area contributed by atoms with Crippen LogP contribution >= 0.6 is 11.3 Å². The highest BCUT2D eigenvalue weighted by atomic mass is 32.1. The molecule has 168 valence electrons. The molecule has 2 aromatic rings. The van der Waals surface area contributed by atoms with Gasteiger partial charge in [-0.1, -0.05) is 0 Å². The van der Waals surface area contributed by atoms with E-state index in [1.165, 1.54) is 7.11 Å². The molecule has 0 spiro atoms. The third-order valence-corrected chi connectivity index (χ3v) is 6.63. The maximum absolute atomic E-state index is 12.6. The smallest absolute Gasteiger partial charge is 0.341 e. The van der Waals surface area contributed by atoms with Crippen LogP contribution in [-0.2, 0) is 17.8 Å². The molecule has 3 amide bonds. The number of piperidine rings is 1. The van der Waals surface area contributed by atoms with Gasteiger partial charge < -0.3 is 15.5 Å². The number of aromatic nitrogens is 1. The van der Waals surface area contributed by atoms with Gasteiger partial charge in [0.05, 0.1) is 18.4 Å². The molecule has 1 aliphatic rings. The molecule has 0 bridgehead atoms. The van der Waals surface area contributed by atoms with Gasteiger partial charge in [0.1, 0.15) is 0 Å². The quantitative estimate of drug-likeness (QED) is 0.578. The second kappa shape index (κ2) is 11.2. The van der Waals surface area contributed by atoms with E-state index in [9.17, 15) is 9.59 Å². The summed E-state index contributed by atoms with van der Waals surface area (Å²) < 4.78 is 0. The molecule has 0 aliphatic carbocycles. The van der Waals surface area contributed by atoms with E-state index in [2.05, 4.69) is 27.7 Å². The first-order valence-corrected chi connectivity index (χ1v) is 11.5. The molecule has 0 saturated carbocycles. The summed E-state index contributed by atoms with van der Waals surface area (Å²) in [5, 5.41) is 4.10. The second-order valence-electron chi connectivity index (χ2n) is 7.89. The Morgan fingerprint density at radius 2 is 2.16 bits per heavy atom. The molecule has 3 heterocycles. The summed E-state index contributed by atoms with van der Waals surface area (Å²) in [4.78, 5) is 37.7. The van der Waals surface area contributed by atoms with E-state index >= 15 is 0 Å². The van der Waals surface area contributed by atoms with Crippen LogP contribution in [0.4, 0.5) is 4.79 Å². The number of thiophene rings is 1. The zero-order chi connectivity index (χ0) is 22.2. The van der Waals surface area contributed by atoms with Crippen LogP contribution < -0.4 is 11.2 Å². The molecule has 1 fully saturated rings. The number of nitrogens with one attached hydrogen (secondary N) is 1. The van der Waals surface area contributed by atoms with Crippen molar-refractivity contribution in [3.63, 3.8) is 0 Å². The number of hydroxylamine groups is 1. The van der Waals surface area contributed by atoms with Gasteiger partial charge in [-0.15, -0.1) is 0 Å². The van der Waals surface area contributed by atoms with Crippen molar-refractivity contribution >= 4 is 23.3 Å². The fourth-order valence-electron chi connectivity index (χ4n) is 4.12. The molecule has 1 saturated heterocycles. The summed E-state index contributed by atoms with van der Waals surface area (Å²) >= 11 is 1.63. The Balaban J connectivity index is 1.54. The van der Waals surface area contributed by atoms with Crippen molar-refractivity contribution < 1.29 is 14.4 Å². The molecule has 1 aliphatic heterocycles. The van der Waals surface area contributed by atoms with E-state index in [0.717, 1.165) is 43.6 Å². The lowest BCUT2D eigenvalue weighted by atomic mass is 9.99. The standard InChI is InChI=1S/C22H31N5O3S/c1-16(5-6-20-19(21(23)28)4-3-10-24-20)26-11-7-18(8-12-26)27(22(29)25-30-2)14-17-9-13-31-15-17/h3-4,9-10,13,15-16,18H,5-8,11-12,14H2,1-2H3,(H2,23,28)(H,25,29)/t16-/m1/s1. The number of aryl methyl sites for hydroxylation is 1. The van der Waals surface area contributed by atoms with E-state index in [1.54, 1.807) is 29.7 Å². The number of nitrogens with zero attached hydrogens (tertiary/aromatic N) is 3. The summed E-state index contributed by atoms with van der Waals surface area (Å²) in [7, 11) is 1.45. The average molecular weight is 446 g/mol. The van der Waals surface area contributed by atoms with Crippen molar-refractivity contribution in [2.75, 3.05) is 20.2 Å². The molecule has 31 heavy (non-hydrogen) atoms. The molecule has 1 atom stereocenters. The third kappa shape index (κ3) is 6.25. The van der Waals surface area contributed by atoms with Gasteiger partial charge in [0.15, 0.2) is 0 Å². The fraction of sp³-hybridized carbons (Fsp3) is 0.500. The van der Waals surface area contributed by atoms with E-state index in [-0.39, 0.29) is 12.1 Å². The highest BCUT2D eigenvalue weighted by Crippen LogP contribution is 2.23. The zero-order valence-electron chi connectivity index (χ0n) is 18.1. The first kappa shape index (κ1) is 23.2. The summed E-state index contributed by atoms with van der Waals surface area (Å²) in [5.74, 6) is -0.434. The minimum Gasteiger partial charge on any atom is -0.366 e. The number of carbonyl (C=O) groups excluding carboxylic acids is 2. The lowest BCUT2D eigenvalue weighted by Crippen LogP contribution is -2.51. The molecular weight excluding hydrogens is 414 g/mol. The summed E-state index contributed by atoms with van der Waals surface area (Å²) in [5.41, 5.74) is 10.3. The largest absolute Gasteiger partial charge is 0.366 e. The van der Waals surface area contributed by atoms with Crippen LogP contribution in [0.2, 0.25) is 0 Å². The number of urea groups is 1. The van der Waals surface area contributed by atoms with E-state index in [4.69, 9.17) is 10.6 Å². The Bertz CT molecular complexity index is 853. The normalized spacial score (nSPS) is 16.1. The molecule has 0 radical (unpaired) electrons. The van der Waals surface area contributed by atoms with Crippen molar-refractivity contribution in [3.8, 4) is 0 Å². The van der Waals surface area contributed by atoms with E-state index in [1.807, 2.05) is 16.3 Å². The van der Waals surface area contributed by atoms with Crippen molar-refractivity contribution in [2.24, 2.45) is 5.73 Å². The van der Waals surface area contributed by atoms with Crippen LogP contribution in [0.25, 0.3) is 0 Å². The lowest BCUT2D eigenvalue weighted by Gasteiger charge is -2.40. The first-order valence-electron chi connectivity index (χ1n) is 10.6. The maximum atomic E-state index is 12.6. The van der Waals surface area contributed by atoms with Gasteiger partial charge in [0.25, 0.3) is 5.91 Å². The van der Waals surface area contributed by atoms with Gasteiger partial charge >= 0.3 is 6.03 Å². The van der Waals surface area contributed by atoms with Crippen LogP contribution in [-0.4, -0.2) is 59.0 Å². The van der Waals surface area contributed by atoms with Crippen LogP contribution in [0.5, 0.6) is 0 Å². The number of amides is 3.